The van der Waals surface area contributed by atoms with Crippen molar-refractivity contribution in [2.45, 2.75) is 102 Å². The van der Waals surface area contributed by atoms with Gasteiger partial charge in [-0.3, -0.25) is 24.0 Å². The van der Waals surface area contributed by atoms with Crippen LogP contribution in [0.5, 0.6) is 0 Å². The molecule has 0 aromatic carbocycles. The molecule has 0 bridgehead atoms. The van der Waals surface area contributed by atoms with Gasteiger partial charge in [-0.2, -0.15) is 0 Å². The third-order valence-corrected chi connectivity index (χ3v) is 9.85. The molecule has 0 aromatic heterocycles. The molecule has 4 fully saturated rings. The molecule has 6 unspecified atom stereocenters. The molecule has 9 nitrogen and oxygen atoms in total. The fourth-order valence-electron chi connectivity index (χ4n) is 7.41. The molecule has 0 aromatic rings. The quantitative estimate of drug-likeness (QED) is 0.496. The highest BCUT2D eigenvalue weighted by molar-refractivity contribution is 5.90. The maximum atomic E-state index is 13.3. The predicted octanol–water partition coefficient (Wildman–Crippen LogP) is 3.01. The molecule has 1 aliphatic heterocycles. The Balaban J connectivity index is 1.34. The van der Waals surface area contributed by atoms with Crippen LogP contribution in [0.2, 0.25) is 0 Å². The first-order valence-electron chi connectivity index (χ1n) is 14.8. The fourth-order valence-corrected chi connectivity index (χ4v) is 7.41. The molecule has 6 atom stereocenters. The van der Waals surface area contributed by atoms with E-state index < -0.39 is 11.9 Å². The lowest BCUT2D eigenvalue weighted by atomic mass is 9.70. The Kier molecular flexibility index (Phi) is 9.47. The minimum Gasteiger partial charge on any atom is -0.481 e. The normalized spacial score (nSPS) is 31.8. The summed E-state index contributed by atoms with van der Waals surface area (Å²) < 4.78 is 0. The lowest BCUT2D eigenvalue weighted by Crippen LogP contribution is -2.52. The smallest absolute Gasteiger partial charge is 0.305 e. The number of carboxylic acid groups (broad SMARTS) is 1. The first-order chi connectivity index (χ1) is 18.2. The van der Waals surface area contributed by atoms with Crippen molar-refractivity contribution < 1.29 is 29.1 Å². The minimum atomic E-state index is -1.01. The third-order valence-electron chi connectivity index (χ3n) is 9.85. The van der Waals surface area contributed by atoms with Gasteiger partial charge in [0.1, 0.15) is 5.78 Å². The number of hydrogen-bond donors (Lipinski definition) is 2. The number of rotatable bonds is 8. The van der Waals surface area contributed by atoms with Crippen molar-refractivity contribution in [2.24, 2.45) is 29.6 Å². The Labute approximate surface area is 226 Å². The summed E-state index contributed by atoms with van der Waals surface area (Å²) in [5, 5.41) is 12.3. The molecule has 0 spiro atoms. The Morgan fingerprint density at radius 2 is 1.66 bits per heavy atom. The van der Waals surface area contributed by atoms with Gasteiger partial charge in [0.2, 0.25) is 17.7 Å². The molecular formula is C29H45N3O6. The minimum absolute atomic E-state index is 0.00739. The number of fused-ring (bicyclic) bond motifs is 1. The van der Waals surface area contributed by atoms with Gasteiger partial charge >= 0.3 is 5.97 Å². The highest BCUT2D eigenvalue weighted by atomic mass is 16.4. The number of amides is 3. The van der Waals surface area contributed by atoms with E-state index in [0.29, 0.717) is 25.0 Å². The van der Waals surface area contributed by atoms with Gasteiger partial charge < -0.3 is 20.2 Å². The molecule has 0 radical (unpaired) electrons. The molecule has 2 N–H and O–H groups in total. The van der Waals surface area contributed by atoms with Crippen LogP contribution in [-0.4, -0.2) is 76.6 Å². The van der Waals surface area contributed by atoms with Crippen LogP contribution in [0, 0.1) is 29.6 Å². The molecule has 4 rings (SSSR count). The second-order valence-electron chi connectivity index (χ2n) is 12.3. The number of hydrogen-bond acceptors (Lipinski definition) is 5. The van der Waals surface area contributed by atoms with Gasteiger partial charge in [0.25, 0.3) is 0 Å². The monoisotopic (exact) mass is 531 g/mol. The van der Waals surface area contributed by atoms with Crippen LogP contribution in [0.4, 0.5) is 0 Å². The summed E-state index contributed by atoms with van der Waals surface area (Å²) in [6.45, 7) is 1.87. The van der Waals surface area contributed by atoms with Crippen molar-refractivity contribution in [3.05, 3.63) is 0 Å². The molecule has 38 heavy (non-hydrogen) atoms. The number of nitrogens with zero attached hydrogens (tertiary/aromatic N) is 2. The van der Waals surface area contributed by atoms with Gasteiger partial charge in [-0.05, 0) is 57.3 Å². The van der Waals surface area contributed by atoms with Gasteiger partial charge in [0, 0.05) is 43.4 Å². The highest BCUT2D eigenvalue weighted by Crippen LogP contribution is 2.38. The number of carbonyl (C=O) groups excluding carboxylic acids is 4. The van der Waals surface area contributed by atoms with E-state index in [9.17, 15) is 24.0 Å². The van der Waals surface area contributed by atoms with Crippen molar-refractivity contribution in [3.63, 3.8) is 0 Å². The zero-order valence-corrected chi connectivity index (χ0v) is 23.0. The van der Waals surface area contributed by atoms with E-state index in [2.05, 4.69) is 5.32 Å². The van der Waals surface area contributed by atoms with Crippen LogP contribution >= 0.6 is 0 Å². The summed E-state index contributed by atoms with van der Waals surface area (Å²) in [6.07, 6.45) is 10.8. The summed E-state index contributed by atoms with van der Waals surface area (Å²) in [5.41, 5.74) is 0. The van der Waals surface area contributed by atoms with Crippen LogP contribution in [0.1, 0.15) is 90.4 Å². The molecule has 1 heterocycles. The lowest BCUT2D eigenvalue weighted by molar-refractivity contribution is -0.141. The third kappa shape index (κ3) is 6.57. The Bertz CT molecular complexity index is 916. The Morgan fingerprint density at radius 1 is 0.947 bits per heavy atom. The highest BCUT2D eigenvalue weighted by Gasteiger charge is 2.44. The van der Waals surface area contributed by atoms with Gasteiger partial charge in [0.15, 0.2) is 0 Å². The van der Waals surface area contributed by atoms with E-state index in [0.717, 1.165) is 51.4 Å². The molecule has 212 valence electrons. The van der Waals surface area contributed by atoms with E-state index in [1.165, 1.54) is 11.3 Å². The summed E-state index contributed by atoms with van der Waals surface area (Å²) in [4.78, 5) is 66.6. The summed E-state index contributed by atoms with van der Waals surface area (Å²) >= 11 is 0. The molecule has 3 saturated carbocycles. The molecule has 3 aliphatic carbocycles. The van der Waals surface area contributed by atoms with Crippen molar-refractivity contribution in [3.8, 4) is 0 Å². The molecule has 4 aliphatic rings. The van der Waals surface area contributed by atoms with Gasteiger partial charge in [-0.1, -0.05) is 32.6 Å². The maximum absolute atomic E-state index is 13.3. The van der Waals surface area contributed by atoms with Crippen LogP contribution in [0.15, 0.2) is 0 Å². The largest absolute Gasteiger partial charge is 0.481 e. The predicted molar refractivity (Wildman–Crippen MR) is 141 cm³/mol. The zero-order valence-electron chi connectivity index (χ0n) is 23.0. The summed E-state index contributed by atoms with van der Waals surface area (Å²) in [7, 11) is 1.71. The average Bonchev–Trinajstić information content (AvgIpc) is 3.01. The van der Waals surface area contributed by atoms with Crippen LogP contribution in [0.3, 0.4) is 0 Å². The van der Waals surface area contributed by atoms with E-state index in [-0.39, 0.29) is 73.0 Å². The second kappa shape index (κ2) is 12.6. The molecule has 1 saturated heterocycles. The van der Waals surface area contributed by atoms with Gasteiger partial charge in [0.05, 0.1) is 18.9 Å². The lowest BCUT2D eigenvalue weighted by Gasteiger charge is -2.39. The number of nitrogens with one attached hydrogen (secondary N) is 1. The van der Waals surface area contributed by atoms with Gasteiger partial charge in [-0.25, -0.2) is 0 Å². The summed E-state index contributed by atoms with van der Waals surface area (Å²) in [6, 6.07) is -0.401. The number of likely N-dealkylation sites (N-methyl/N-ethyl adjacent to an activating group) is 1. The number of aliphatic carboxylic acids is 1. The maximum Gasteiger partial charge on any atom is 0.305 e. The first-order valence-corrected chi connectivity index (χ1v) is 14.8. The molecule has 9 heteroatoms. The average molecular weight is 532 g/mol. The topological polar surface area (TPSA) is 124 Å². The van der Waals surface area contributed by atoms with Crippen LogP contribution in [-0.2, 0) is 24.0 Å². The van der Waals surface area contributed by atoms with E-state index in [1.54, 1.807) is 11.9 Å². The molecule has 3 amide bonds. The standard InChI is InChI=1S/C29H45N3O6/c1-18(20-9-6-10-21(15-20)27(36)19-7-4-3-5-8-19)28(37)30-22-11-12-24-23(16-22)29(38)32(14-13-26(34)35)17-25(33)31(24)2/h18-24H,3-17H2,1-2H3,(H,30,37)(H,34,35). The zero-order chi connectivity index (χ0) is 27.4. The van der Waals surface area contributed by atoms with E-state index in [4.69, 9.17) is 5.11 Å². The van der Waals surface area contributed by atoms with Gasteiger partial charge in [-0.15, -0.1) is 0 Å². The van der Waals surface area contributed by atoms with Crippen LogP contribution < -0.4 is 5.32 Å². The number of carboxylic acids is 1. The number of carbonyl (C=O) groups is 5. The van der Waals surface area contributed by atoms with Crippen molar-refractivity contribution in [1.82, 2.24) is 15.1 Å². The van der Waals surface area contributed by atoms with E-state index >= 15 is 0 Å². The van der Waals surface area contributed by atoms with Crippen molar-refractivity contribution in [2.75, 3.05) is 20.1 Å². The number of ketones is 1. The SMILES string of the molecule is CC(C(=O)NC1CCC2C(C1)C(=O)N(CCC(=O)O)CC(=O)N2C)C1CCCC(C(=O)C2CCCCC2)C1. The van der Waals surface area contributed by atoms with E-state index in [1.807, 2.05) is 6.92 Å². The Morgan fingerprint density at radius 3 is 2.37 bits per heavy atom. The van der Waals surface area contributed by atoms with Crippen molar-refractivity contribution >= 4 is 29.5 Å². The second-order valence-corrected chi connectivity index (χ2v) is 12.3. The van der Waals surface area contributed by atoms with Crippen LogP contribution in [0.25, 0.3) is 0 Å². The van der Waals surface area contributed by atoms with Crippen molar-refractivity contribution in [1.29, 1.82) is 0 Å². The number of Topliss-reactive ketones (excluding diaryl/α,β-unsaturated/α-hetero) is 1. The molecular weight excluding hydrogens is 486 g/mol. The Hall–Kier alpha value is -2.45. The summed E-state index contributed by atoms with van der Waals surface area (Å²) in [5.74, 6) is -1.15. The fraction of sp³-hybridized carbons (Fsp3) is 0.828. The first kappa shape index (κ1) is 28.6.